The van der Waals surface area contributed by atoms with Gasteiger partial charge >= 0.3 is 5.97 Å². The molecule has 2 aromatic carbocycles. The Morgan fingerprint density at radius 1 is 1.17 bits per heavy atom. The molecule has 160 valence electrons. The normalized spacial score (nSPS) is 18.6. The summed E-state index contributed by atoms with van der Waals surface area (Å²) in [4.78, 5) is 12.8. The summed E-state index contributed by atoms with van der Waals surface area (Å²) in [6, 6.07) is 9.35. The van der Waals surface area contributed by atoms with Crippen molar-refractivity contribution >= 4 is 15.8 Å². The molecule has 7 nitrogen and oxygen atoms in total. The predicted molar refractivity (Wildman–Crippen MR) is 107 cm³/mol. The molecule has 0 bridgehead atoms. The van der Waals surface area contributed by atoms with E-state index in [9.17, 15) is 17.6 Å². The van der Waals surface area contributed by atoms with E-state index in [2.05, 4.69) is 0 Å². The molecule has 2 aromatic rings. The number of fused-ring (bicyclic) bond motifs is 1. The third-order valence-electron chi connectivity index (χ3n) is 5.45. The van der Waals surface area contributed by atoms with E-state index in [1.165, 1.54) is 12.1 Å². The fourth-order valence-electron chi connectivity index (χ4n) is 3.77. The number of nitrogens with zero attached hydrogens (tertiary/aromatic N) is 1. The Hall–Kier alpha value is -2.65. The van der Waals surface area contributed by atoms with Gasteiger partial charge in [-0.25, -0.2) is 12.8 Å². The van der Waals surface area contributed by atoms with E-state index >= 15 is 0 Å². The molecule has 0 atom stereocenters. The van der Waals surface area contributed by atoms with Crippen molar-refractivity contribution in [3.05, 3.63) is 42.2 Å². The van der Waals surface area contributed by atoms with Gasteiger partial charge in [0.15, 0.2) is 17.5 Å². The molecule has 2 heterocycles. The number of benzene rings is 2. The van der Waals surface area contributed by atoms with Crippen molar-refractivity contribution in [1.82, 2.24) is 4.90 Å². The SMILES string of the molecule is O=C(O)CN1CCC(COc2ccc(-c3ccc4c(c3)OCS4(=O)=O)cc2F)CC1. The fraction of sp³-hybridized carbons (Fsp3) is 0.381. The van der Waals surface area contributed by atoms with Gasteiger partial charge in [-0.2, -0.15) is 0 Å². The lowest BCUT2D eigenvalue weighted by Gasteiger charge is -2.30. The standard InChI is InChI=1S/C21H22FNO6S/c22-17-9-15(16-2-4-20-19(10-16)29-13-30(20,26)27)1-3-18(17)28-12-14-5-7-23(8-6-14)11-21(24)25/h1-4,9-10,14H,5-8,11-13H2,(H,24,25). The van der Waals surface area contributed by atoms with Gasteiger partial charge in [0.1, 0.15) is 10.6 Å². The summed E-state index contributed by atoms with van der Waals surface area (Å²) >= 11 is 0. The van der Waals surface area contributed by atoms with Gasteiger partial charge in [0.2, 0.25) is 9.84 Å². The van der Waals surface area contributed by atoms with Gasteiger partial charge < -0.3 is 14.6 Å². The van der Waals surface area contributed by atoms with E-state index < -0.39 is 21.6 Å². The summed E-state index contributed by atoms with van der Waals surface area (Å²) in [6.45, 7) is 1.81. The minimum absolute atomic E-state index is 0.0450. The average Bonchev–Trinajstić information content (AvgIpc) is 3.02. The highest BCUT2D eigenvalue weighted by molar-refractivity contribution is 7.91. The second-order valence-corrected chi connectivity index (χ2v) is 9.51. The molecule has 0 aromatic heterocycles. The molecular weight excluding hydrogens is 413 g/mol. The Bertz CT molecular complexity index is 1060. The maximum atomic E-state index is 14.6. The zero-order valence-corrected chi connectivity index (χ0v) is 17.0. The van der Waals surface area contributed by atoms with E-state index in [-0.39, 0.29) is 34.8 Å². The highest BCUT2D eigenvalue weighted by Gasteiger charge is 2.28. The number of rotatable bonds is 6. The van der Waals surface area contributed by atoms with E-state index in [4.69, 9.17) is 14.6 Å². The number of halogens is 1. The third kappa shape index (κ3) is 4.41. The molecule has 9 heteroatoms. The first-order valence-electron chi connectivity index (χ1n) is 9.68. The molecule has 1 saturated heterocycles. The summed E-state index contributed by atoms with van der Waals surface area (Å²) in [6.07, 6.45) is 1.62. The van der Waals surface area contributed by atoms with Crippen LogP contribution in [-0.2, 0) is 14.6 Å². The van der Waals surface area contributed by atoms with Gasteiger partial charge in [-0.15, -0.1) is 0 Å². The number of aliphatic carboxylic acids is 1. The minimum Gasteiger partial charge on any atom is -0.490 e. The number of likely N-dealkylation sites (tertiary alicyclic amines) is 1. The number of hydrogen-bond acceptors (Lipinski definition) is 6. The number of carbonyl (C=O) groups is 1. The highest BCUT2D eigenvalue weighted by Crippen LogP contribution is 2.36. The van der Waals surface area contributed by atoms with Crippen molar-refractivity contribution in [2.45, 2.75) is 17.7 Å². The second kappa shape index (κ2) is 8.23. The number of hydrogen-bond donors (Lipinski definition) is 1. The Kier molecular flexibility index (Phi) is 5.66. The topological polar surface area (TPSA) is 93.1 Å². The van der Waals surface area contributed by atoms with Gasteiger partial charge in [-0.05, 0) is 67.2 Å². The monoisotopic (exact) mass is 435 g/mol. The maximum Gasteiger partial charge on any atom is 0.317 e. The Morgan fingerprint density at radius 3 is 2.57 bits per heavy atom. The van der Waals surface area contributed by atoms with E-state index in [0.717, 1.165) is 12.8 Å². The lowest BCUT2D eigenvalue weighted by atomic mass is 9.98. The molecule has 1 fully saturated rings. The number of piperidine rings is 1. The molecule has 0 spiro atoms. The maximum absolute atomic E-state index is 14.6. The van der Waals surface area contributed by atoms with E-state index in [1.807, 2.05) is 4.90 Å². The van der Waals surface area contributed by atoms with Gasteiger partial charge in [0, 0.05) is 0 Å². The third-order valence-corrected chi connectivity index (χ3v) is 6.89. The van der Waals surface area contributed by atoms with Gasteiger partial charge in [0.25, 0.3) is 0 Å². The fourth-order valence-corrected chi connectivity index (χ4v) is 4.88. The second-order valence-electron chi connectivity index (χ2n) is 7.61. The molecule has 0 amide bonds. The molecular formula is C21H22FNO6S. The zero-order valence-electron chi connectivity index (χ0n) is 16.2. The van der Waals surface area contributed by atoms with Crippen LogP contribution in [-0.4, -0.2) is 56.6 Å². The number of carboxylic acid groups (broad SMARTS) is 1. The van der Waals surface area contributed by atoms with Crippen molar-refractivity contribution in [2.24, 2.45) is 5.92 Å². The summed E-state index contributed by atoms with van der Waals surface area (Å²) in [7, 11) is -3.40. The smallest absolute Gasteiger partial charge is 0.317 e. The number of carboxylic acids is 1. The Balaban J connectivity index is 1.38. The molecule has 0 radical (unpaired) electrons. The van der Waals surface area contributed by atoms with E-state index in [0.29, 0.717) is 30.8 Å². The van der Waals surface area contributed by atoms with Crippen LogP contribution in [0.5, 0.6) is 11.5 Å². The first-order chi connectivity index (χ1) is 14.3. The molecule has 2 aliphatic rings. The van der Waals surface area contributed by atoms with Crippen LogP contribution in [0.4, 0.5) is 4.39 Å². The first kappa shape index (κ1) is 20.6. The molecule has 4 rings (SSSR count). The Morgan fingerprint density at radius 2 is 1.87 bits per heavy atom. The molecule has 2 aliphatic heterocycles. The Labute approximate surface area is 173 Å². The van der Waals surface area contributed by atoms with Crippen LogP contribution >= 0.6 is 0 Å². The largest absolute Gasteiger partial charge is 0.490 e. The summed E-state index contributed by atoms with van der Waals surface area (Å²) in [5.41, 5.74) is 1.25. The van der Waals surface area contributed by atoms with Crippen LogP contribution in [0.1, 0.15) is 12.8 Å². The summed E-state index contributed by atoms with van der Waals surface area (Å²) in [5, 5.41) is 8.85. The molecule has 1 N–H and O–H groups in total. The summed E-state index contributed by atoms with van der Waals surface area (Å²) < 4.78 is 49.1. The van der Waals surface area contributed by atoms with Gasteiger partial charge in [-0.1, -0.05) is 12.1 Å². The zero-order chi connectivity index (χ0) is 21.3. The van der Waals surface area contributed by atoms with Crippen molar-refractivity contribution in [3.63, 3.8) is 0 Å². The average molecular weight is 435 g/mol. The van der Waals surface area contributed by atoms with Crippen LogP contribution in [0.3, 0.4) is 0 Å². The first-order valence-corrected chi connectivity index (χ1v) is 11.3. The van der Waals surface area contributed by atoms with Crippen molar-refractivity contribution in [1.29, 1.82) is 0 Å². The lowest BCUT2D eigenvalue weighted by Crippen LogP contribution is -2.38. The molecule has 0 saturated carbocycles. The van der Waals surface area contributed by atoms with Crippen LogP contribution in [0.15, 0.2) is 41.3 Å². The van der Waals surface area contributed by atoms with Crippen LogP contribution < -0.4 is 9.47 Å². The molecule has 0 unspecified atom stereocenters. The van der Waals surface area contributed by atoms with Crippen molar-refractivity contribution < 1.29 is 32.2 Å². The molecule has 0 aliphatic carbocycles. The van der Waals surface area contributed by atoms with Crippen molar-refractivity contribution in [3.8, 4) is 22.6 Å². The number of ether oxygens (including phenoxy) is 2. The highest BCUT2D eigenvalue weighted by atomic mass is 32.2. The quantitative estimate of drug-likeness (QED) is 0.746. The van der Waals surface area contributed by atoms with E-state index in [1.54, 1.807) is 24.3 Å². The van der Waals surface area contributed by atoms with Crippen LogP contribution in [0.2, 0.25) is 0 Å². The van der Waals surface area contributed by atoms with Crippen LogP contribution in [0, 0.1) is 11.7 Å². The minimum atomic E-state index is -3.40. The van der Waals surface area contributed by atoms with Crippen LogP contribution in [0.25, 0.3) is 11.1 Å². The lowest BCUT2D eigenvalue weighted by molar-refractivity contribution is -0.138. The van der Waals surface area contributed by atoms with Gasteiger partial charge in [-0.3, -0.25) is 9.69 Å². The van der Waals surface area contributed by atoms with Gasteiger partial charge in [0.05, 0.1) is 13.2 Å². The molecule has 30 heavy (non-hydrogen) atoms. The van der Waals surface area contributed by atoms with Crippen molar-refractivity contribution in [2.75, 3.05) is 32.2 Å². The summed E-state index contributed by atoms with van der Waals surface area (Å²) in [5.74, 6) is -1.00. The number of sulfone groups is 1. The predicted octanol–water partition coefficient (Wildman–Crippen LogP) is 2.79.